The van der Waals surface area contributed by atoms with Gasteiger partial charge >= 0.3 is 18.0 Å². The number of Topliss-reactive ketones (excluding diaryl/α,β-unsaturated/α-hetero) is 1. The van der Waals surface area contributed by atoms with Gasteiger partial charge in [0, 0.05) is 12.0 Å². The van der Waals surface area contributed by atoms with Crippen molar-refractivity contribution in [2.24, 2.45) is 5.92 Å². The van der Waals surface area contributed by atoms with E-state index in [0.29, 0.717) is 11.4 Å². The minimum absolute atomic E-state index is 0.00387. The summed E-state index contributed by atoms with van der Waals surface area (Å²) in [6.45, 7) is -0.593. The molecule has 1 aliphatic heterocycles. The summed E-state index contributed by atoms with van der Waals surface area (Å²) < 4.78 is 5.43. The van der Waals surface area contributed by atoms with Crippen LogP contribution in [0.2, 0.25) is 0 Å². The second kappa shape index (κ2) is 11.8. The number of urea groups is 2. The summed E-state index contributed by atoms with van der Waals surface area (Å²) >= 11 is 0. The molecule has 2 aromatic carbocycles. The minimum atomic E-state index is -0.674. The molecule has 0 saturated heterocycles. The number of carbonyl (C=O) groups excluding carboxylic acids is 4. The predicted molar refractivity (Wildman–Crippen MR) is 144 cm³/mol. The first-order chi connectivity index (χ1) is 18.5. The molecule has 0 aromatic heterocycles. The first-order valence-corrected chi connectivity index (χ1v) is 13.8. The standard InChI is InChI=1S/C30H35N3O5/c34-27(23-13-7-8-14-23)19-31-25-17-9-10-18-26(25)33(24-15-5-2-6-16-24)30(37)32(29(31)36)20-28(35)38-21-22-11-3-1-4-12-22/h1,3-4,9-12,17-18,23-24H,2,5-8,13-16,19-21H2. The molecular formula is C30H35N3O5. The average molecular weight is 518 g/mol. The molecule has 8 nitrogen and oxygen atoms in total. The van der Waals surface area contributed by atoms with Crippen LogP contribution in [-0.4, -0.2) is 47.8 Å². The van der Waals surface area contributed by atoms with Crippen molar-refractivity contribution in [1.29, 1.82) is 0 Å². The Kier molecular flexibility index (Phi) is 8.05. The number of benzene rings is 2. The largest absolute Gasteiger partial charge is 0.459 e. The van der Waals surface area contributed by atoms with Gasteiger partial charge in [0.15, 0.2) is 5.78 Å². The lowest BCUT2D eigenvalue weighted by Crippen LogP contribution is -2.54. The summed E-state index contributed by atoms with van der Waals surface area (Å²) in [7, 11) is 0. The highest BCUT2D eigenvalue weighted by molar-refractivity contribution is 6.15. The molecule has 5 rings (SSSR count). The van der Waals surface area contributed by atoms with E-state index in [-0.39, 0.29) is 30.9 Å². The summed E-state index contributed by atoms with van der Waals surface area (Å²) in [5, 5.41) is 0. The zero-order chi connectivity index (χ0) is 26.5. The van der Waals surface area contributed by atoms with E-state index in [1.165, 1.54) is 4.90 Å². The molecular weight excluding hydrogens is 482 g/mol. The van der Waals surface area contributed by atoms with E-state index in [9.17, 15) is 19.2 Å². The molecule has 2 aliphatic carbocycles. The van der Waals surface area contributed by atoms with Crippen LogP contribution in [0.1, 0.15) is 63.4 Å². The number of esters is 1. The molecule has 0 bridgehead atoms. The van der Waals surface area contributed by atoms with Gasteiger partial charge in [-0.05, 0) is 43.4 Å². The van der Waals surface area contributed by atoms with E-state index in [1.54, 1.807) is 11.0 Å². The number of hydrogen-bond acceptors (Lipinski definition) is 5. The number of rotatable bonds is 8. The number of anilines is 2. The van der Waals surface area contributed by atoms with Crippen molar-refractivity contribution in [1.82, 2.24) is 4.90 Å². The van der Waals surface area contributed by atoms with Gasteiger partial charge in [-0.2, -0.15) is 0 Å². The Morgan fingerprint density at radius 2 is 1.34 bits per heavy atom. The summed E-state index contributed by atoms with van der Waals surface area (Å²) in [5.41, 5.74) is 1.95. The van der Waals surface area contributed by atoms with E-state index >= 15 is 0 Å². The third-order valence-corrected chi connectivity index (χ3v) is 7.93. The Morgan fingerprint density at radius 1 is 0.711 bits per heavy atom. The highest BCUT2D eigenvalue weighted by Crippen LogP contribution is 2.38. The number of nitrogens with zero attached hydrogens (tertiary/aromatic N) is 3. The molecule has 4 amide bonds. The maximum absolute atomic E-state index is 14.0. The van der Waals surface area contributed by atoms with Gasteiger partial charge in [0.2, 0.25) is 0 Å². The van der Waals surface area contributed by atoms with Crippen LogP contribution in [0.3, 0.4) is 0 Å². The van der Waals surface area contributed by atoms with Crippen LogP contribution in [0.4, 0.5) is 21.0 Å². The lowest BCUT2D eigenvalue weighted by Gasteiger charge is -2.35. The highest BCUT2D eigenvalue weighted by atomic mass is 16.5. The Bertz CT molecular complexity index is 1170. The summed E-state index contributed by atoms with van der Waals surface area (Å²) in [5.74, 6) is -0.754. The molecule has 0 radical (unpaired) electrons. The summed E-state index contributed by atoms with van der Waals surface area (Å²) in [4.78, 5) is 58.1. The van der Waals surface area contributed by atoms with Crippen LogP contribution in [0.15, 0.2) is 54.6 Å². The number of hydrogen-bond donors (Lipinski definition) is 0. The van der Waals surface area contributed by atoms with Gasteiger partial charge in [0.25, 0.3) is 0 Å². The second-order valence-electron chi connectivity index (χ2n) is 10.5. The van der Waals surface area contributed by atoms with E-state index in [0.717, 1.165) is 68.3 Å². The molecule has 1 heterocycles. The molecule has 0 spiro atoms. The fourth-order valence-electron chi connectivity index (χ4n) is 5.89. The quantitative estimate of drug-likeness (QED) is 0.420. The number of carbonyl (C=O) groups is 4. The number of ether oxygens (including phenoxy) is 1. The number of fused-ring (bicyclic) bond motifs is 1. The fourth-order valence-corrected chi connectivity index (χ4v) is 5.89. The third kappa shape index (κ3) is 5.59. The Morgan fingerprint density at radius 3 is 2.05 bits per heavy atom. The van der Waals surface area contributed by atoms with E-state index < -0.39 is 24.6 Å². The second-order valence-corrected chi connectivity index (χ2v) is 10.5. The normalized spacial score (nSPS) is 18.9. The van der Waals surface area contributed by atoms with Crippen LogP contribution in [0.25, 0.3) is 0 Å². The fraction of sp³-hybridized carbons (Fsp3) is 0.467. The predicted octanol–water partition coefficient (Wildman–Crippen LogP) is 5.69. The van der Waals surface area contributed by atoms with Crippen molar-refractivity contribution in [3.05, 3.63) is 60.2 Å². The van der Waals surface area contributed by atoms with Gasteiger partial charge in [0.1, 0.15) is 13.2 Å². The molecule has 8 heteroatoms. The summed E-state index contributed by atoms with van der Waals surface area (Å²) in [6.07, 6.45) is 8.40. The van der Waals surface area contributed by atoms with E-state index in [1.807, 2.05) is 48.5 Å². The van der Waals surface area contributed by atoms with Gasteiger partial charge in [-0.3, -0.25) is 19.4 Å². The first kappa shape index (κ1) is 25.9. The lowest BCUT2D eigenvalue weighted by atomic mass is 9.93. The van der Waals surface area contributed by atoms with Crippen molar-refractivity contribution < 1.29 is 23.9 Å². The van der Waals surface area contributed by atoms with Crippen LogP contribution in [0.5, 0.6) is 0 Å². The van der Waals surface area contributed by atoms with Crippen LogP contribution >= 0.6 is 0 Å². The van der Waals surface area contributed by atoms with Gasteiger partial charge < -0.3 is 4.74 Å². The van der Waals surface area contributed by atoms with Crippen molar-refractivity contribution in [2.45, 2.75) is 70.4 Å². The van der Waals surface area contributed by atoms with Crippen molar-refractivity contribution in [3.8, 4) is 0 Å². The van der Waals surface area contributed by atoms with Crippen LogP contribution in [-0.2, 0) is 20.9 Å². The monoisotopic (exact) mass is 517 g/mol. The maximum Gasteiger partial charge on any atom is 0.333 e. The van der Waals surface area contributed by atoms with E-state index in [2.05, 4.69) is 0 Å². The number of imide groups is 1. The highest BCUT2D eigenvalue weighted by Gasteiger charge is 2.42. The zero-order valence-electron chi connectivity index (χ0n) is 21.7. The molecule has 2 saturated carbocycles. The topological polar surface area (TPSA) is 87.2 Å². The molecule has 0 atom stereocenters. The van der Waals surface area contributed by atoms with Gasteiger partial charge in [0.05, 0.1) is 17.9 Å². The number of para-hydroxylation sites is 2. The molecule has 0 unspecified atom stereocenters. The molecule has 2 fully saturated rings. The molecule has 3 aliphatic rings. The molecule has 38 heavy (non-hydrogen) atoms. The minimum Gasteiger partial charge on any atom is -0.459 e. The lowest BCUT2D eigenvalue weighted by molar-refractivity contribution is -0.145. The van der Waals surface area contributed by atoms with Crippen molar-refractivity contribution in [2.75, 3.05) is 22.9 Å². The van der Waals surface area contributed by atoms with Gasteiger partial charge in [-0.1, -0.05) is 74.6 Å². The Labute approximate surface area is 223 Å². The third-order valence-electron chi connectivity index (χ3n) is 7.93. The van der Waals surface area contributed by atoms with Crippen molar-refractivity contribution in [3.63, 3.8) is 0 Å². The van der Waals surface area contributed by atoms with Crippen LogP contribution in [0, 0.1) is 5.92 Å². The maximum atomic E-state index is 14.0. The Hall–Kier alpha value is -3.68. The Balaban J connectivity index is 1.45. The number of ketones is 1. The smallest absolute Gasteiger partial charge is 0.333 e. The number of amides is 4. The van der Waals surface area contributed by atoms with E-state index in [4.69, 9.17) is 4.74 Å². The summed E-state index contributed by atoms with van der Waals surface area (Å²) in [6, 6.07) is 15.2. The molecule has 0 N–H and O–H groups in total. The van der Waals surface area contributed by atoms with Crippen LogP contribution < -0.4 is 9.80 Å². The SMILES string of the molecule is O=C(CN1C(=O)N(CC(=O)C2CCCC2)c2ccccc2N(C2CCCCC2)C1=O)OCc1ccccc1. The zero-order valence-corrected chi connectivity index (χ0v) is 21.7. The average Bonchev–Trinajstić information content (AvgIpc) is 3.48. The van der Waals surface area contributed by atoms with Gasteiger partial charge in [-0.15, -0.1) is 0 Å². The first-order valence-electron chi connectivity index (χ1n) is 13.8. The molecule has 200 valence electrons. The molecule has 2 aromatic rings. The van der Waals surface area contributed by atoms with Gasteiger partial charge in [-0.25, -0.2) is 14.5 Å². The van der Waals surface area contributed by atoms with Crippen molar-refractivity contribution >= 4 is 35.2 Å².